The van der Waals surface area contributed by atoms with Crippen LogP contribution in [0.1, 0.15) is 53.4 Å². The summed E-state index contributed by atoms with van der Waals surface area (Å²) >= 11 is 6.29. The molecule has 39 heavy (non-hydrogen) atoms. The molecule has 2 aliphatic carbocycles. The molecule has 7 nitrogen and oxygen atoms in total. The van der Waals surface area contributed by atoms with Gasteiger partial charge < -0.3 is 15.5 Å². The minimum atomic E-state index is -4.04. The number of benzene rings is 2. The number of carbonyl (C=O) groups is 1. The van der Waals surface area contributed by atoms with Crippen molar-refractivity contribution in [3.8, 4) is 0 Å². The minimum absolute atomic E-state index is 0.00283. The molecule has 206 valence electrons. The molecule has 11 heteroatoms. The van der Waals surface area contributed by atoms with E-state index in [1.54, 1.807) is 18.3 Å². The Bertz CT molecular complexity index is 1540. The van der Waals surface area contributed by atoms with Gasteiger partial charge in [0, 0.05) is 23.5 Å². The number of hydrogen-bond donors (Lipinski definition) is 3. The van der Waals surface area contributed by atoms with Crippen molar-refractivity contribution in [2.45, 2.75) is 54.5 Å². The normalized spacial score (nSPS) is 25.3. The number of aliphatic hydroxyl groups excluding tert-OH is 1. The maximum Gasteiger partial charge on any atom is 0.255 e. The predicted molar refractivity (Wildman–Crippen MR) is 141 cm³/mol. The third-order valence-electron chi connectivity index (χ3n) is 8.04. The number of sulfone groups is 1. The number of halogens is 3. The van der Waals surface area contributed by atoms with Crippen LogP contribution in [0.4, 0.5) is 14.5 Å². The Morgan fingerprint density at radius 3 is 2.41 bits per heavy atom. The van der Waals surface area contributed by atoms with Crippen LogP contribution in [0.25, 0.3) is 0 Å². The second-order valence-electron chi connectivity index (χ2n) is 10.4. The number of amides is 1. The van der Waals surface area contributed by atoms with Gasteiger partial charge in [-0.2, -0.15) is 0 Å². The Hall–Kier alpha value is -2.92. The Kier molecular flexibility index (Phi) is 7.26. The second-order valence-corrected chi connectivity index (χ2v) is 13.0. The molecule has 2 aromatic carbocycles. The Morgan fingerprint density at radius 2 is 1.77 bits per heavy atom. The van der Waals surface area contributed by atoms with E-state index in [1.165, 1.54) is 24.3 Å². The quantitative estimate of drug-likeness (QED) is 0.380. The number of nitrogens with zero attached hydrogens (tertiary/aromatic N) is 1. The fourth-order valence-corrected chi connectivity index (χ4v) is 8.41. The van der Waals surface area contributed by atoms with Gasteiger partial charge >= 0.3 is 0 Å². The molecule has 0 spiro atoms. The Morgan fingerprint density at radius 1 is 1.08 bits per heavy atom. The van der Waals surface area contributed by atoms with Crippen LogP contribution >= 0.6 is 11.6 Å². The Balaban J connectivity index is 1.39. The number of hydrogen-bond acceptors (Lipinski definition) is 6. The first kappa shape index (κ1) is 27.6. The first-order valence-corrected chi connectivity index (χ1v) is 14.5. The van der Waals surface area contributed by atoms with Crippen molar-refractivity contribution in [3.05, 3.63) is 88.2 Å². The first-order valence-electron chi connectivity index (χ1n) is 12.5. The SMILES string of the molecule is Cc1ccnc([C@@H](O)[C@@]2(O)[C@@H]3CC[C@H]2C[C@H](S(=O)(=O)c2cc(C(=O)Nc4ccc(F)c(F)c4)ccc2Cl)C3)c1. The van der Waals surface area contributed by atoms with Crippen molar-refractivity contribution < 1.29 is 32.2 Å². The third kappa shape index (κ3) is 4.95. The summed E-state index contributed by atoms with van der Waals surface area (Å²) in [6.07, 6.45) is 1.64. The molecule has 1 aromatic heterocycles. The highest BCUT2D eigenvalue weighted by molar-refractivity contribution is 7.92. The van der Waals surface area contributed by atoms with Crippen molar-refractivity contribution in [2.24, 2.45) is 11.8 Å². The molecular formula is C28H27ClF2N2O5S. The summed E-state index contributed by atoms with van der Waals surface area (Å²) in [7, 11) is -4.04. The number of nitrogens with one attached hydrogen (secondary N) is 1. The zero-order valence-corrected chi connectivity index (χ0v) is 22.5. The molecule has 0 unspecified atom stereocenters. The molecule has 1 amide bonds. The van der Waals surface area contributed by atoms with Crippen molar-refractivity contribution in [3.63, 3.8) is 0 Å². The van der Waals surface area contributed by atoms with Crippen LogP contribution in [0.2, 0.25) is 5.02 Å². The van der Waals surface area contributed by atoms with E-state index in [0.29, 0.717) is 18.5 Å². The lowest BCUT2D eigenvalue weighted by atomic mass is 9.70. The number of aliphatic hydroxyl groups is 2. The molecule has 1 heterocycles. The van der Waals surface area contributed by atoms with Gasteiger partial charge in [-0.25, -0.2) is 17.2 Å². The summed E-state index contributed by atoms with van der Waals surface area (Å²) in [4.78, 5) is 16.8. The highest BCUT2D eigenvalue weighted by Gasteiger charge is 2.59. The molecule has 0 radical (unpaired) electrons. The van der Waals surface area contributed by atoms with Gasteiger partial charge in [-0.3, -0.25) is 9.78 Å². The van der Waals surface area contributed by atoms with Crippen molar-refractivity contribution in [1.29, 1.82) is 0 Å². The van der Waals surface area contributed by atoms with Crippen LogP contribution in [-0.4, -0.2) is 40.4 Å². The van der Waals surface area contributed by atoms with Gasteiger partial charge in [0.25, 0.3) is 5.91 Å². The third-order valence-corrected chi connectivity index (χ3v) is 10.7. The molecule has 2 saturated carbocycles. The van der Waals surface area contributed by atoms with Crippen molar-refractivity contribution in [1.82, 2.24) is 4.98 Å². The highest BCUT2D eigenvalue weighted by Crippen LogP contribution is 2.56. The van der Waals surface area contributed by atoms with E-state index in [-0.39, 0.29) is 34.0 Å². The van der Waals surface area contributed by atoms with Crippen LogP contribution in [0.3, 0.4) is 0 Å². The standard InChI is InChI=1S/C28H27ClF2N2O5S/c1-15-8-9-32-24(10-15)26(34)28(36)17-3-4-18(28)13-20(12-17)39(37,38)25-11-16(2-6-21(25)29)27(35)33-19-5-7-22(30)23(31)14-19/h2,5-11,14,17-18,20,26,34,36H,3-4,12-13H2,1H3,(H,33,35)/t17-,18+,20-,26-,28-/m1/s1. The lowest BCUT2D eigenvalue weighted by Crippen LogP contribution is -2.52. The summed E-state index contributed by atoms with van der Waals surface area (Å²) in [5.74, 6) is -3.88. The van der Waals surface area contributed by atoms with Crippen LogP contribution in [0.15, 0.2) is 59.6 Å². The average Bonchev–Trinajstić information content (AvgIpc) is 3.05. The minimum Gasteiger partial charge on any atom is -0.386 e. The fourth-order valence-electron chi connectivity index (χ4n) is 6.01. The van der Waals surface area contributed by atoms with Crippen LogP contribution < -0.4 is 5.32 Å². The summed E-state index contributed by atoms with van der Waals surface area (Å²) in [5.41, 5.74) is -0.308. The molecule has 3 aromatic rings. The molecule has 3 N–H and O–H groups in total. The summed E-state index contributed by atoms with van der Waals surface area (Å²) < 4.78 is 54.3. The van der Waals surface area contributed by atoms with Gasteiger partial charge in [-0.05, 0) is 92.5 Å². The maximum atomic E-state index is 13.8. The largest absolute Gasteiger partial charge is 0.386 e. The lowest BCUT2D eigenvalue weighted by Gasteiger charge is -2.45. The van der Waals surface area contributed by atoms with Gasteiger partial charge in [0.2, 0.25) is 0 Å². The number of aromatic nitrogens is 1. The summed E-state index contributed by atoms with van der Waals surface area (Å²) in [6, 6.07) is 10.2. The van der Waals surface area contributed by atoms with Gasteiger partial charge in [0.05, 0.1) is 20.9 Å². The highest BCUT2D eigenvalue weighted by atomic mass is 35.5. The number of carbonyl (C=O) groups excluding carboxylic acids is 1. The summed E-state index contributed by atoms with van der Waals surface area (Å²) in [5, 5.41) is 24.3. The average molecular weight is 577 g/mol. The van der Waals surface area contributed by atoms with E-state index in [2.05, 4.69) is 10.3 Å². The number of fused-ring (bicyclic) bond motifs is 2. The molecular weight excluding hydrogens is 550 g/mol. The number of pyridine rings is 1. The van der Waals surface area contributed by atoms with Crippen molar-refractivity contribution in [2.75, 3.05) is 5.32 Å². The smallest absolute Gasteiger partial charge is 0.255 e. The molecule has 5 rings (SSSR count). The van der Waals surface area contributed by atoms with E-state index in [0.717, 1.165) is 17.7 Å². The number of rotatable bonds is 6. The molecule has 5 atom stereocenters. The van der Waals surface area contributed by atoms with E-state index in [4.69, 9.17) is 11.6 Å². The topological polar surface area (TPSA) is 117 Å². The first-order chi connectivity index (χ1) is 18.4. The van der Waals surface area contributed by atoms with Gasteiger partial charge in [0.1, 0.15) is 11.7 Å². The molecule has 0 aliphatic heterocycles. The van der Waals surface area contributed by atoms with Gasteiger partial charge in [-0.1, -0.05) is 11.6 Å². The predicted octanol–water partition coefficient (Wildman–Crippen LogP) is 5.00. The van der Waals surface area contributed by atoms with Gasteiger partial charge in [-0.15, -0.1) is 0 Å². The van der Waals surface area contributed by atoms with Crippen LogP contribution in [-0.2, 0) is 9.84 Å². The van der Waals surface area contributed by atoms with E-state index in [1.807, 2.05) is 6.92 Å². The zero-order valence-electron chi connectivity index (χ0n) is 20.9. The molecule has 2 aliphatic rings. The lowest BCUT2D eigenvalue weighted by molar-refractivity contribution is -0.145. The molecule has 2 fully saturated rings. The van der Waals surface area contributed by atoms with E-state index >= 15 is 0 Å². The van der Waals surface area contributed by atoms with Gasteiger partial charge in [0.15, 0.2) is 21.5 Å². The van der Waals surface area contributed by atoms with Crippen molar-refractivity contribution >= 4 is 33.0 Å². The summed E-state index contributed by atoms with van der Waals surface area (Å²) in [6.45, 7) is 1.86. The maximum absolute atomic E-state index is 13.8. The number of aryl methyl sites for hydroxylation is 1. The zero-order chi connectivity index (χ0) is 28.1. The Labute approximate surface area is 229 Å². The molecule has 2 bridgehead atoms. The number of anilines is 1. The van der Waals surface area contributed by atoms with E-state index in [9.17, 15) is 32.2 Å². The second kappa shape index (κ2) is 10.2. The fraction of sp³-hybridized carbons (Fsp3) is 0.357. The monoisotopic (exact) mass is 576 g/mol. The van der Waals surface area contributed by atoms with Crippen LogP contribution in [0.5, 0.6) is 0 Å². The van der Waals surface area contributed by atoms with E-state index < -0.39 is 56.2 Å². The van der Waals surface area contributed by atoms with Crippen LogP contribution in [0, 0.1) is 30.4 Å². The molecule has 0 saturated heterocycles.